The van der Waals surface area contributed by atoms with Crippen molar-refractivity contribution in [3.63, 3.8) is 0 Å². The lowest BCUT2D eigenvalue weighted by atomic mass is 10.2. The third-order valence-corrected chi connectivity index (χ3v) is 1.94. The smallest absolute Gasteiger partial charge is 0.127 e. The summed E-state index contributed by atoms with van der Waals surface area (Å²) in [5, 5.41) is 0. The third-order valence-electron chi connectivity index (χ3n) is 1.73. The quantitative estimate of drug-likeness (QED) is 0.693. The van der Waals surface area contributed by atoms with Crippen LogP contribution in [0.2, 0.25) is 0 Å². The molecule has 0 saturated carbocycles. The van der Waals surface area contributed by atoms with Crippen molar-refractivity contribution < 1.29 is 9.13 Å². The summed E-state index contributed by atoms with van der Waals surface area (Å²) in [6, 6.07) is 5.83. The van der Waals surface area contributed by atoms with Gasteiger partial charge in [-0.1, -0.05) is 25.4 Å². The molecule has 0 bridgehead atoms. The van der Waals surface area contributed by atoms with Crippen LogP contribution in [0.3, 0.4) is 0 Å². The van der Waals surface area contributed by atoms with Crippen LogP contribution in [0.15, 0.2) is 35.6 Å². The molecule has 0 amide bonds. The molecule has 0 saturated heterocycles. The van der Waals surface area contributed by atoms with E-state index in [-0.39, 0.29) is 11.7 Å². The van der Waals surface area contributed by atoms with Gasteiger partial charge in [-0.3, -0.25) is 0 Å². The summed E-state index contributed by atoms with van der Waals surface area (Å²) in [6.45, 7) is 3.94. The van der Waals surface area contributed by atoms with Crippen molar-refractivity contribution in [1.82, 2.24) is 0 Å². The minimum absolute atomic E-state index is 0.206. The molecule has 0 aliphatic heterocycles. The number of hydrogen-bond acceptors (Lipinski definition) is 1. The monoisotopic (exact) mass is 214 g/mol. The second-order valence-corrected chi connectivity index (χ2v) is 3.44. The molecule has 1 rings (SSSR count). The van der Waals surface area contributed by atoms with E-state index in [1.807, 2.05) is 13.8 Å². The molecular formula is C11H12ClFO. The normalized spacial score (nSPS) is 11.9. The maximum Gasteiger partial charge on any atom is 0.127 e. The Kier molecular flexibility index (Phi) is 3.96. The average Bonchev–Trinajstić information content (AvgIpc) is 2.16. The van der Waals surface area contributed by atoms with Gasteiger partial charge in [0.05, 0.1) is 0 Å². The van der Waals surface area contributed by atoms with Gasteiger partial charge < -0.3 is 4.74 Å². The Balaban J connectivity index is 2.73. The molecule has 3 heteroatoms. The standard InChI is InChI=1S/C11H12ClFO/c1-8(2)11(7-12)14-10-5-3-9(13)4-6-10/h3-8H,1-2H3. The van der Waals surface area contributed by atoms with Crippen molar-refractivity contribution in [1.29, 1.82) is 0 Å². The van der Waals surface area contributed by atoms with Crippen LogP contribution >= 0.6 is 11.6 Å². The van der Waals surface area contributed by atoms with Crippen LogP contribution in [0, 0.1) is 11.7 Å². The zero-order valence-electron chi connectivity index (χ0n) is 8.13. The van der Waals surface area contributed by atoms with E-state index >= 15 is 0 Å². The number of rotatable bonds is 3. The molecule has 0 atom stereocenters. The first-order valence-corrected chi connectivity index (χ1v) is 4.81. The summed E-state index contributed by atoms with van der Waals surface area (Å²) < 4.78 is 18.0. The SMILES string of the molecule is CC(C)C(=CCl)Oc1ccc(F)cc1. The van der Waals surface area contributed by atoms with Crippen LogP contribution < -0.4 is 4.74 Å². The Labute approximate surface area is 88.1 Å². The first-order chi connectivity index (χ1) is 6.63. The highest BCUT2D eigenvalue weighted by molar-refractivity contribution is 6.25. The topological polar surface area (TPSA) is 9.23 Å². The van der Waals surface area contributed by atoms with Gasteiger partial charge in [-0.15, -0.1) is 0 Å². The number of allylic oxidation sites excluding steroid dienone is 1. The molecule has 0 aromatic heterocycles. The summed E-state index contributed by atoms with van der Waals surface area (Å²) in [4.78, 5) is 0. The predicted octanol–water partition coefficient (Wildman–Crippen LogP) is 3.94. The Morgan fingerprint density at radius 2 is 1.93 bits per heavy atom. The molecule has 0 aliphatic carbocycles. The van der Waals surface area contributed by atoms with Crippen LogP contribution in [-0.4, -0.2) is 0 Å². The molecule has 0 heterocycles. The van der Waals surface area contributed by atoms with Crippen LogP contribution in [0.1, 0.15) is 13.8 Å². The fraction of sp³-hybridized carbons (Fsp3) is 0.273. The van der Waals surface area contributed by atoms with E-state index in [0.29, 0.717) is 11.5 Å². The van der Waals surface area contributed by atoms with Crippen LogP contribution in [0.4, 0.5) is 4.39 Å². The molecule has 1 aromatic carbocycles. The lowest BCUT2D eigenvalue weighted by Gasteiger charge is -2.11. The van der Waals surface area contributed by atoms with Crippen molar-refractivity contribution in [2.45, 2.75) is 13.8 Å². The minimum atomic E-state index is -0.279. The van der Waals surface area contributed by atoms with Crippen LogP contribution in [0.5, 0.6) is 5.75 Å². The molecule has 1 nitrogen and oxygen atoms in total. The number of benzene rings is 1. The van der Waals surface area contributed by atoms with Gasteiger partial charge in [0.15, 0.2) is 0 Å². The minimum Gasteiger partial charge on any atom is -0.461 e. The lowest BCUT2D eigenvalue weighted by Crippen LogP contribution is -2.01. The molecule has 0 radical (unpaired) electrons. The van der Waals surface area contributed by atoms with E-state index < -0.39 is 0 Å². The molecule has 1 aromatic rings. The zero-order valence-corrected chi connectivity index (χ0v) is 8.88. The molecule has 0 N–H and O–H groups in total. The summed E-state index contributed by atoms with van der Waals surface area (Å²) in [6.07, 6.45) is 0. The molecular weight excluding hydrogens is 203 g/mol. The summed E-state index contributed by atoms with van der Waals surface area (Å²) in [5.74, 6) is 1.18. The van der Waals surface area contributed by atoms with E-state index in [9.17, 15) is 4.39 Å². The fourth-order valence-electron chi connectivity index (χ4n) is 0.905. The maximum atomic E-state index is 12.6. The largest absolute Gasteiger partial charge is 0.461 e. The Morgan fingerprint density at radius 3 is 2.36 bits per heavy atom. The Hall–Kier alpha value is -1.02. The Bertz CT molecular complexity index is 317. The number of hydrogen-bond donors (Lipinski definition) is 0. The number of ether oxygens (including phenoxy) is 1. The predicted molar refractivity (Wildman–Crippen MR) is 55.8 cm³/mol. The van der Waals surface area contributed by atoms with Crippen molar-refractivity contribution in [2.75, 3.05) is 0 Å². The van der Waals surface area contributed by atoms with Gasteiger partial charge in [0.2, 0.25) is 0 Å². The third kappa shape index (κ3) is 3.04. The van der Waals surface area contributed by atoms with Gasteiger partial charge in [0, 0.05) is 11.5 Å². The maximum absolute atomic E-state index is 12.6. The highest BCUT2D eigenvalue weighted by atomic mass is 35.5. The van der Waals surface area contributed by atoms with Crippen molar-refractivity contribution >= 4 is 11.6 Å². The first kappa shape index (κ1) is 11.1. The molecule has 76 valence electrons. The average molecular weight is 215 g/mol. The van der Waals surface area contributed by atoms with Crippen LogP contribution in [0.25, 0.3) is 0 Å². The van der Waals surface area contributed by atoms with Crippen molar-refractivity contribution in [3.05, 3.63) is 41.4 Å². The summed E-state index contributed by atoms with van der Waals surface area (Å²) in [7, 11) is 0. The van der Waals surface area contributed by atoms with Crippen LogP contribution in [-0.2, 0) is 0 Å². The van der Waals surface area contributed by atoms with Gasteiger partial charge in [-0.2, -0.15) is 0 Å². The van der Waals surface area contributed by atoms with Gasteiger partial charge in [-0.25, -0.2) is 4.39 Å². The summed E-state index contributed by atoms with van der Waals surface area (Å²) in [5.41, 5.74) is 1.40. The number of halogens is 2. The van der Waals surface area contributed by atoms with E-state index in [4.69, 9.17) is 16.3 Å². The summed E-state index contributed by atoms with van der Waals surface area (Å²) >= 11 is 5.58. The highest BCUT2D eigenvalue weighted by Crippen LogP contribution is 2.19. The van der Waals surface area contributed by atoms with Gasteiger partial charge in [-0.05, 0) is 24.3 Å². The van der Waals surface area contributed by atoms with E-state index in [2.05, 4.69) is 0 Å². The second-order valence-electron chi connectivity index (χ2n) is 3.22. The molecule has 14 heavy (non-hydrogen) atoms. The molecule has 0 unspecified atom stereocenters. The molecule has 0 fully saturated rings. The van der Waals surface area contributed by atoms with E-state index in [1.165, 1.54) is 17.7 Å². The van der Waals surface area contributed by atoms with E-state index in [0.717, 1.165) is 0 Å². The van der Waals surface area contributed by atoms with Gasteiger partial charge in [0.1, 0.15) is 17.3 Å². The lowest BCUT2D eigenvalue weighted by molar-refractivity contribution is 0.369. The molecule has 0 aliphatic rings. The van der Waals surface area contributed by atoms with Gasteiger partial charge in [0.25, 0.3) is 0 Å². The molecule has 0 spiro atoms. The second kappa shape index (κ2) is 5.01. The van der Waals surface area contributed by atoms with Gasteiger partial charge >= 0.3 is 0 Å². The van der Waals surface area contributed by atoms with Crippen molar-refractivity contribution in [2.24, 2.45) is 5.92 Å². The van der Waals surface area contributed by atoms with E-state index in [1.54, 1.807) is 12.1 Å². The van der Waals surface area contributed by atoms with Crippen molar-refractivity contribution in [3.8, 4) is 5.75 Å². The Morgan fingerprint density at radius 1 is 1.36 bits per heavy atom. The first-order valence-electron chi connectivity index (χ1n) is 4.37. The zero-order chi connectivity index (χ0) is 10.6. The fourth-order valence-corrected chi connectivity index (χ4v) is 1.20. The highest BCUT2D eigenvalue weighted by Gasteiger charge is 2.05.